The molecule has 0 N–H and O–H groups in total. The van der Waals surface area contributed by atoms with E-state index in [1.165, 1.54) is 10.4 Å². The Morgan fingerprint density at radius 3 is 2.30 bits per heavy atom. The normalized spacial score (nSPS) is 17.9. The number of anilines is 1. The summed E-state index contributed by atoms with van der Waals surface area (Å²) >= 11 is 0. The van der Waals surface area contributed by atoms with Gasteiger partial charge in [-0.15, -0.1) is 0 Å². The maximum Gasteiger partial charge on any atom is 0.254 e. The second-order valence-corrected chi connectivity index (χ2v) is 9.53. The molecule has 2 heterocycles. The molecule has 0 saturated carbocycles. The average Bonchev–Trinajstić information content (AvgIpc) is 3.35. The van der Waals surface area contributed by atoms with Crippen molar-refractivity contribution in [1.29, 1.82) is 0 Å². The Hall–Kier alpha value is -2.58. The molecule has 0 radical (unpaired) electrons. The number of ether oxygens (including phenoxy) is 1. The monoisotopic (exact) mass is 429 g/mol. The summed E-state index contributed by atoms with van der Waals surface area (Å²) in [6.07, 6.45) is 1.77. The Kier molecular flexibility index (Phi) is 5.97. The number of amides is 1. The van der Waals surface area contributed by atoms with Crippen LogP contribution in [0.25, 0.3) is 0 Å². The van der Waals surface area contributed by atoms with Gasteiger partial charge in [0.15, 0.2) is 0 Å². The van der Waals surface area contributed by atoms with Crippen LogP contribution >= 0.6 is 0 Å². The molecule has 2 aromatic rings. The first-order chi connectivity index (χ1) is 14.5. The lowest BCUT2D eigenvalue weighted by molar-refractivity contribution is 0.0746. The first-order valence-corrected chi connectivity index (χ1v) is 11.7. The highest BCUT2D eigenvalue weighted by Gasteiger charge is 2.29. The highest BCUT2D eigenvalue weighted by atomic mass is 32.2. The largest absolute Gasteiger partial charge is 0.495 e. The van der Waals surface area contributed by atoms with E-state index in [0.29, 0.717) is 44.8 Å². The van der Waals surface area contributed by atoms with Crippen LogP contribution in [-0.2, 0) is 10.0 Å². The fraction of sp³-hybridized carbons (Fsp3) is 0.409. The molecule has 0 unspecified atom stereocenters. The number of hydrogen-bond acceptors (Lipinski definition) is 5. The third-order valence-electron chi connectivity index (χ3n) is 5.78. The summed E-state index contributed by atoms with van der Waals surface area (Å²) in [4.78, 5) is 17.2. The molecule has 8 heteroatoms. The van der Waals surface area contributed by atoms with Crippen LogP contribution in [-0.4, -0.2) is 69.9 Å². The summed E-state index contributed by atoms with van der Waals surface area (Å²) in [5.41, 5.74) is 1.44. The van der Waals surface area contributed by atoms with Gasteiger partial charge < -0.3 is 14.5 Å². The molecule has 0 bridgehead atoms. The van der Waals surface area contributed by atoms with Gasteiger partial charge >= 0.3 is 0 Å². The van der Waals surface area contributed by atoms with Gasteiger partial charge in [0.2, 0.25) is 10.0 Å². The van der Waals surface area contributed by atoms with Gasteiger partial charge in [0.1, 0.15) is 5.75 Å². The van der Waals surface area contributed by atoms with Gasteiger partial charge in [0.25, 0.3) is 5.91 Å². The number of benzene rings is 2. The van der Waals surface area contributed by atoms with Crippen molar-refractivity contribution in [3.8, 4) is 5.75 Å². The molecular formula is C22H27N3O4S. The minimum atomic E-state index is -3.54. The zero-order chi connectivity index (χ0) is 21.1. The molecule has 4 rings (SSSR count). The van der Waals surface area contributed by atoms with Crippen molar-refractivity contribution in [3.05, 3.63) is 54.1 Å². The molecule has 2 aromatic carbocycles. The van der Waals surface area contributed by atoms with E-state index in [-0.39, 0.29) is 10.8 Å². The molecule has 1 amide bonds. The van der Waals surface area contributed by atoms with E-state index in [2.05, 4.69) is 4.90 Å². The predicted molar refractivity (Wildman–Crippen MR) is 116 cm³/mol. The quantitative estimate of drug-likeness (QED) is 0.730. The molecule has 0 atom stereocenters. The number of para-hydroxylation sites is 2. The van der Waals surface area contributed by atoms with E-state index < -0.39 is 10.0 Å². The Morgan fingerprint density at radius 1 is 0.900 bits per heavy atom. The van der Waals surface area contributed by atoms with Crippen LogP contribution in [0.3, 0.4) is 0 Å². The SMILES string of the molecule is COc1ccccc1N1CCN(C(=O)c2cccc(S(=O)(=O)N3CCCC3)c2)CC1. The van der Waals surface area contributed by atoms with E-state index in [1.807, 2.05) is 24.3 Å². The molecule has 0 aromatic heterocycles. The Morgan fingerprint density at radius 2 is 1.60 bits per heavy atom. The number of sulfonamides is 1. The topological polar surface area (TPSA) is 70.2 Å². The fourth-order valence-corrected chi connectivity index (χ4v) is 5.65. The summed E-state index contributed by atoms with van der Waals surface area (Å²) < 4.78 is 32.6. The summed E-state index contributed by atoms with van der Waals surface area (Å²) in [6, 6.07) is 14.3. The lowest BCUT2D eigenvalue weighted by Crippen LogP contribution is -2.48. The predicted octanol–water partition coefficient (Wildman–Crippen LogP) is 2.44. The van der Waals surface area contributed by atoms with Crippen molar-refractivity contribution < 1.29 is 17.9 Å². The Labute approximate surface area is 177 Å². The maximum absolute atomic E-state index is 13.0. The number of carbonyl (C=O) groups is 1. The van der Waals surface area contributed by atoms with Crippen molar-refractivity contribution in [1.82, 2.24) is 9.21 Å². The Balaban J connectivity index is 1.46. The summed E-state index contributed by atoms with van der Waals surface area (Å²) in [5.74, 6) is 0.685. The van der Waals surface area contributed by atoms with Crippen molar-refractivity contribution in [2.24, 2.45) is 0 Å². The van der Waals surface area contributed by atoms with Crippen LogP contribution in [0.1, 0.15) is 23.2 Å². The third kappa shape index (κ3) is 4.02. The average molecular weight is 430 g/mol. The molecule has 7 nitrogen and oxygen atoms in total. The Bertz CT molecular complexity index is 1010. The van der Waals surface area contributed by atoms with Gasteiger partial charge in [0.05, 0.1) is 17.7 Å². The standard InChI is InChI=1S/C22H27N3O4S/c1-29-21-10-3-2-9-20(21)23-13-15-24(16-14-23)22(26)18-7-6-8-19(17-18)30(27,28)25-11-4-5-12-25/h2-3,6-10,17H,4-5,11-16H2,1H3. The lowest BCUT2D eigenvalue weighted by Gasteiger charge is -2.36. The zero-order valence-electron chi connectivity index (χ0n) is 17.2. The lowest BCUT2D eigenvalue weighted by atomic mass is 10.1. The molecule has 0 aliphatic carbocycles. The van der Waals surface area contributed by atoms with Crippen LogP contribution < -0.4 is 9.64 Å². The van der Waals surface area contributed by atoms with Crippen molar-refractivity contribution in [2.45, 2.75) is 17.7 Å². The van der Waals surface area contributed by atoms with Gasteiger partial charge in [-0.05, 0) is 43.2 Å². The van der Waals surface area contributed by atoms with Crippen LogP contribution in [0.15, 0.2) is 53.4 Å². The van der Waals surface area contributed by atoms with Gasteiger partial charge in [-0.1, -0.05) is 18.2 Å². The van der Waals surface area contributed by atoms with E-state index in [1.54, 1.807) is 30.2 Å². The molecular weight excluding hydrogens is 402 g/mol. The number of rotatable bonds is 5. The highest BCUT2D eigenvalue weighted by Crippen LogP contribution is 2.29. The maximum atomic E-state index is 13.0. The van der Waals surface area contributed by atoms with Crippen molar-refractivity contribution in [2.75, 3.05) is 51.3 Å². The van der Waals surface area contributed by atoms with Gasteiger partial charge in [-0.3, -0.25) is 4.79 Å². The smallest absolute Gasteiger partial charge is 0.254 e. The summed E-state index contributed by atoms with van der Waals surface area (Å²) in [6.45, 7) is 3.62. The van der Waals surface area contributed by atoms with E-state index in [4.69, 9.17) is 4.74 Å². The van der Waals surface area contributed by atoms with Crippen LogP contribution in [0.2, 0.25) is 0 Å². The molecule has 2 fully saturated rings. The molecule has 2 saturated heterocycles. The molecule has 30 heavy (non-hydrogen) atoms. The minimum absolute atomic E-state index is 0.131. The molecule has 0 spiro atoms. The fourth-order valence-electron chi connectivity index (χ4n) is 4.09. The minimum Gasteiger partial charge on any atom is -0.495 e. The first kappa shape index (κ1) is 20.7. The summed E-state index contributed by atoms with van der Waals surface area (Å²) in [7, 11) is -1.88. The second-order valence-electron chi connectivity index (χ2n) is 7.59. The molecule has 2 aliphatic heterocycles. The molecule has 2 aliphatic rings. The number of hydrogen-bond donors (Lipinski definition) is 0. The first-order valence-electron chi connectivity index (χ1n) is 10.3. The zero-order valence-corrected chi connectivity index (χ0v) is 18.0. The van der Waals surface area contributed by atoms with E-state index >= 15 is 0 Å². The second kappa shape index (κ2) is 8.65. The third-order valence-corrected chi connectivity index (χ3v) is 7.67. The van der Waals surface area contributed by atoms with Crippen LogP contribution in [0, 0.1) is 0 Å². The number of piperazine rings is 1. The van der Waals surface area contributed by atoms with Crippen LogP contribution in [0.5, 0.6) is 5.75 Å². The molecule has 160 valence electrons. The van der Waals surface area contributed by atoms with Gasteiger partial charge in [0, 0.05) is 44.8 Å². The number of carbonyl (C=O) groups excluding carboxylic acids is 1. The number of methoxy groups -OCH3 is 1. The van der Waals surface area contributed by atoms with Gasteiger partial charge in [-0.2, -0.15) is 4.31 Å². The van der Waals surface area contributed by atoms with E-state index in [0.717, 1.165) is 24.3 Å². The van der Waals surface area contributed by atoms with E-state index in [9.17, 15) is 13.2 Å². The van der Waals surface area contributed by atoms with Crippen LogP contribution in [0.4, 0.5) is 5.69 Å². The summed E-state index contributed by atoms with van der Waals surface area (Å²) in [5, 5.41) is 0. The highest BCUT2D eigenvalue weighted by molar-refractivity contribution is 7.89. The number of nitrogens with zero attached hydrogens (tertiary/aromatic N) is 3. The van der Waals surface area contributed by atoms with Gasteiger partial charge in [-0.25, -0.2) is 8.42 Å². The van der Waals surface area contributed by atoms with Crippen molar-refractivity contribution >= 4 is 21.6 Å². The van der Waals surface area contributed by atoms with Crippen molar-refractivity contribution in [3.63, 3.8) is 0 Å².